The summed E-state index contributed by atoms with van der Waals surface area (Å²) in [5.41, 5.74) is 0. The lowest BCUT2D eigenvalue weighted by Gasteiger charge is -2.39. The van der Waals surface area contributed by atoms with E-state index in [9.17, 15) is 9.90 Å². The van der Waals surface area contributed by atoms with E-state index in [1.165, 1.54) is 0 Å². The zero-order valence-corrected chi connectivity index (χ0v) is 15.2. The van der Waals surface area contributed by atoms with Gasteiger partial charge in [0.25, 0.3) is 0 Å². The first kappa shape index (κ1) is 18.7. The topological polar surface area (TPSA) is 47.0 Å². The van der Waals surface area contributed by atoms with Crippen molar-refractivity contribution < 1.29 is 9.90 Å². The van der Waals surface area contributed by atoms with Gasteiger partial charge >= 0.3 is 0 Å². The van der Waals surface area contributed by atoms with E-state index in [0.29, 0.717) is 11.8 Å². The number of hydrogen-bond donors (Lipinski definition) is 1. The van der Waals surface area contributed by atoms with Crippen molar-refractivity contribution in [3.8, 4) is 0 Å². The minimum absolute atomic E-state index is 0.228. The van der Waals surface area contributed by atoms with Crippen LogP contribution in [-0.2, 0) is 4.79 Å². The molecule has 0 aromatic carbocycles. The number of β-amino-alcohol motifs (C(OH)–C–C–N with tert-alkyl or cyclic N) is 1. The van der Waals surface area contributed by atoms with Crippen molar-refractivity contribution in [3.63, 3.8) is 0 Å². The predicted molar refractivity (Wildman–Crippen MR) is 93.3 cm³/mol. The van der Waals surface area contributed by atoms with Crippen LogP contribution in [0.3, 0.4) is 0 Å². The summed E-state index contributed by atoms with van der Waals surface area (Å²) in [6, 6.07) is 0. The molecule has 2 fully saturated rings. The number of likely N-dealkylation sites (tertiary alicyclic amines) is 1. The van der Waals surface area contributed by atoms with Crippen LogP contribution in [0, 0.1) is 11.8 Å². The molecule has 5 heteroatoms. The van der Waals surface area contributed by atoms with Crippen LogP contribution in [-0.4, -0.2) is 84.2 Å². The third-order valence-electron chi connectivity index (χ3n) is 5.18. The molecule has 5 nitrogen and oxygen atoms in total. The third kappa shape index (κ3) is 5.73. The molecule has 23 heavy (non-hydrogen) atoms. The summed E-state index contributed by atoms with van der Waals surface area (Å²) in [4.78, 5) is 19.5. The van der Waals surface area contributed by atoms with Crippen LogP contribution in [0.25, 0.3) is 0 Å². The molecule has 2 saturated heterocycles. The van der Waals surface area contributed by atoms with Crippen molar-refractivity contribution in [1.82, 2.24) is 14.7 Å². The average molecular weight is 325 g/mol. The summed E-state index contributed by atoms with van der Waals surface area (Å²) < 4.78 is 0. The van der Waals surface area contributed by atoms with Gasteiger partial charge in [-0.1, -0.05) is 20.8 Å². The van der Waals surface area contributed by atoms with Gasteiger partial charge < -0.3 is 14.9 Å². The van der Waals surface area contributed by atoms with Gasteiger partial charge in [0.1, 0.15) is 0 Å². The van der Waals surface area contributed by atoms with E-state index in [2.05, 4.69) is 28.5 Å². The van der Waals surface area contributed by atoms with E-state index in [1.807, 2.05) is 6.92 Å². The smallest absolute Gasteiger partial charge is 0.225 e. The SMILES string of the molecule is CCC(O)CN1CCN(C(=O)C2CCN(CC(C)C)CC2)CC1. The molecule has 0 radical (unpaired) electrons. The third-order valence-corrected chi connectivity index (χ3v) is 5.18. The Morgan fingerprint density at radius 1 is 1.00 bits per heavy atom. The molecule has 2 rings (SSSR count). The van der Waals surface area contributed by atoms with Gasteiger partial charge in [0.2, 0.25) is 5.91 Å². The van der Waals surface area contributed by atoms with Gasteiger partial charge in [0.05, 0.1) is 6.10 Å². The lowest BCUT2D eigenvalue weighted by molar-refractivity contribution is -0.139. The number of piperidine rings is 1. The van der Waals surface area contributed by atoms with Gasteiger partial charge in [-0.3, -0.25) is 9.69 Å². The largest absolute Gasteiger partial charge is 0.392 e. The van der Waals surface area contributed by atoms with Crippen LogP contribution in [0.1, 0.15) is 40.0 Å². The highest BCUT2D eigenvalue weighted by molar-refractivity contribution is 5.79. The molecule has 134 valence electrons. The van der Waals surface area contributed by atoms with E-state index in [1.54, 1.807) is 0 Å². The number of rotatable bonds is 6. The fourth-order valence-corrected chi connectivity index (χ4v) is 3.72. The quantitative estimate of drug-likeness (QED) is 0.799. The first-order valence-corrected chi connectivity index (χ1v) is 9.41. The van der Waals surface area contributed by atoms with E-state index in [0.717, 1.165) is 71.6 Å². The monoisotopic (exact) mass is 325 g/mol. The Morgan fingerprint density at radius 3 is 2.09 bits per heavy atom. The molecule has 0 bridgehead atoms. The summed E-state index contributed by atoms with van der Waals surface area (Å²) in [5.74, 6) is 1.30. The summed E-state index contributed by atoms with van der Waals surface area (Å²) in [7, 11) is 0. The fraction of sp³-hybridized carbons (Fsp3) is 0.944. The van der Waals surface area contributed by atoms with Gasteiger partial charge in [-0.25, -0.2) is 0 Å². The van der Waals surface area contributed by atoms with E-state index in [4.69, 9.17) is 0 Å². The second-order valence-corrected chi connectivity index (χ2v) is 7.66. The number of amides is 1. The first-order chi connectivity index (χ1) is 11.0. The van der Waals surface area contributed by atoms with Gasteiger partial charge in [-0.15, -0.1) is 0 Å². The summed E-state index contributed by atoms with van der Waals surface area (Å²) >= 11 is 0. The minimum atomic E-state index is -0.234. The molecule has 1 atom stereocenters. The molecular weight excluding hydrogens is 290 g/mol. The van der Waals surface area contributed by atoms with Gasteiger partial charge in [0, 0.05) is 45.2 Å². The van der Waals surface area contributed by atoms with Crippen LogP contribution in [0.5, 0.6) is 0 Å². The van der Waals surface area contributed by atoms with Crippen LogP contribution < -0.4 is 0 Å². The van der Waals surface area contributed by atoms with Crippen LogP contribution in [0.15, 0.2) is 0 Å². The van der Waals surface area contributed by atoms with Crippen molar-refractivity contribution >= 4 is 5.91 Å². The molecule has 0 aliphatic carbocycles. The highest BCUT2D eigenvalue weighted by atomic mass is 16.3. The number of aliphatic hydroxyl groups excluding tert-OH is 1. The molecule has 1 unspecified atom stereocenters. The van der Waals surface area contributed by atoms with Crippen LogP contribution in [0.2, 0.25) is 0 Å². The normalized spacial score (nSPS) is 23.4. The lowest BCUT2D eigenvalue weighted by atomic mass is 9.94. The van der Waals surface area contributed by atoms with E-state index >= 15 is 0 Å². The minimum Gasteiger partial charge on any atom is -0.392 e. The maximum Gasteiger partial charge on any atom is 0.225 e. The van der Waals surface area contributed by atoms with Crippen molar-refractivity contribution in [3.05, 3.63) is 0 Å². The highest BCUT2D eigenvalue weighted by Gasteiger charge is 2.30. The Hall–Kier alpha value is -0.650. The number of carbonyl (C=O) groups is 1. The van der Waals surface area contributed by atoms with Crippen molar-refractivity contribution in [2.75, 3.05) is 52.4 Å². The van der Waals surface area contributed by atoms with E-state index < -0.39 is 0 Å². The van der Waals surface area contributed by atoms with E-state index in [-0.39, 0.29) is 12.0 Å². The molecule has 0 aromatic heterocycles. The molecule has 0 saturated carbocycles. The molecule has 0 spiro atoms. The number of aliphatic hydroxyl groups is 1. The zero-order chi connectivity index (χ0) is 16.8. The van der Waals surface area contributed by atoms with Crippen LogP contribution in [0.4, 0.5) is 0 Å². The molecule has 2 heterocycles. The molecule has 2 aliphatic rings. The maximum atomic E-state index is 12.7. The lowest BCUT2D eigenvalue weighted by Crippen LogP contribution is -2.52. The van der Waals surface area contributed by atoms with Gasteiger partial charge in [-0.05, 0) is 38.3 Å². The molecule has 2 aliphatic heterocycles. The summed E-state index contributed by atoms with van der Waals surface area (Å²) in [5, 5.41) is 9.75. The van der Waals surface area contributed by atoms with Crippen molar-refractivity contribution in [1.29, 1.82) is 0 Å². The standard InChI is InChI=1S/C18H35N3O2/c1-4-17(22)14-20-9-11-21(12-10-20)18(23)16-5-7-19(8-6-16)13-15(2)3/h15-17,22H,4-14H2,1-3H3. The number of carbonyl (C=O) groups excluding carboxylic acids is 1. The average Bonchev–Trinajstić information content (AvgIpc) is 2.55. The second kappa shape index (κ2) is 9.00. The zero-order valence-electron chi connectivity index (χ0n) is 15.2. The highest BCUT2D eigenvalue weighted by Crippen LogP contribution is 2.21. The second-order valence-electron chi connectivity index (χ2n) is 7.66. The Labute approximate surface area is 141 Å². The molecule has 0 aromatic rings. The Morgan fingerprint density at radius 2 is 1.57 bits per heavy atom. The molecule has 1 amide bonds. The number of nitrogens with zero attached hydrogens (tertiary/aromatic N) is 3. The fourth-order valence-electron chi connectivity index (χ4n) is 3.72. The Bertz CT molecular complexity index is 359. The van der Waals surface area contributed by atoms with Gasteiger partial charge in [-0.2, -0.15) is 0 Å². The predicted octanol–water partition coefficient (Wildman–Crippen LogP) is 1.27. The number of piperazine rings is 1. The first-order valence-electron chi connectivity index (χ1n) is 9.41. The summed E-state index contributed by atoms with van der Waals surface area (Å²) in [6.07, 6.45) is 2.59. The van der Waals surface area contributed by atoms with Gasteiger partial charge in [0.15, 0.2) is 0 Å². The Kier molecular flexibility index (Phi) is 7.31. The molecule has 1 N–H and O–H groups in total. The van der Waals surface area contributed by atoms with Crippen LogP contribution >= 0.6 is 0 Å². The summed E-state index contributed by atoms with van der Waals surface area (Å²) in [6.45, 7) is 14.0. The van der Waals surface area contributed by atoms with Crippen molar-refractivity contribution in [2.24, 2.45) is 11.8 Å². The maximum absolute atomic E-state index is 12.7. The number of hydrogen-bond acceptors (Lipinski definition) is 4. The van der Waals surface area contributed by atoms with Crippen molar-refractivity contribution in [2.45, 2.75) is 46.1 Å². The Balaban J connectivity index is 1.71. The molecular formula is C18H35N3O2.